The fourth-order valence-corrected chi connectivity index (χ4v) is 2.10. The zero-order valence-electron chi connectivity index (χ0n) is 10.4. The summed E-state index contributed by atoms with van der Waals surface area (Å²) in [6, 6.07) is 15.2. The summed E-state index contributed by atoms with van der Waals surface area (Å²) in [6.07, 6.45) is -0.155. The van der Waals surface area contributed by atoms with Crippen LogP contribution in [0.1, 0.15) is 17.2 Å². The Morgan fingerprint density at radius 1 is 0.842 bits per heavy atom. The minimum atomic E-state index is -0.155. The van der Waals surface area contributed by atoms with Gasteiger partial charge in [0.25, 0.3) is 0 Å². The van der Waals surface area contributed by atoms with Crippen molar-refractivity contribution < 1.29 is 4.74 Å². The summed E-state index contributed by atoms with van der Waals surface area (Å²) < 4.78 is 5.83. The predicted molar refractivity (Wildman–Crippen MR) is 79.8 cm³/mol. The zero-order valence-corrected chi connectivity index (χ0v) is 11.9. The van der Waals surface area contributed by atoms with Crippen molar-refractivity contribution in [2.45, 2.75) is 6.10 Å². The van der Waals surface area contributed by atoms with Crippen LogP contribution >= 0.6 is 23.2 Å². The molecule has 0 amide bonds. The van der Waals surface area contributed by atoms with Crippen molar-refractivity contribution in [3.63, 3.8) is 0 Å². The molecular weight excluding hydrogens is 281 g/mol. The van der Waals surface area contributed by atoms with Crippen molar-refractivity contribution in [3.05, 3.63) is 69.7 Å². The van der Waals surface area contributed by atoms with E-state index in [2.05, 4.69) is 0 Å². The normalized spacial score (nSPS) is 10.9. The fourth-order valence-electron chi connectivity index (χ4n) is 1.85. The van der Waals surface area contributed by atoms with Gasteiger partial charge in [-0.25, -0.2) is 0 Å². The van der Waals surface area contributed by atoms with E-state index in [1.165, 1.54) is 0 Å². The largest absolute Gasteiger partial charge is 0.367 e. The number of halogens is 2. The molecule has 2 aromatic carbocycles. The van der Waals surface area contributed by atoms with Gasteiger partial charge in [0.2, 0.25) is 0 Å². The molecule has 0 atom stereocenters. The Balaban J connectivity index is 2.29. The van der Waals surface area contributed by atoms with Gasteiger partial charge in [0.1, 0.15) is 6.10 Å². The standard InChI is InChI=1S/C15H15Cl2NO/c16-13-5-1-11(2-6-13)15(19-10-9-18)12-3-7-14(17)8-4-12/h1-8,15H,9-10,18H2. The zero-order chi connectivity index (χ0) is 13.7. The van der Waals surface area contributed by atoms with E-state index >= 15 is 0 Å². The highest BCUT2D eigenvalue weighted by Gasteiger charge is 2.14. The summed E-state index contributed by atoms with van der Waals surface area (Å²) in [5, 5.41) is 1.41. The first-order chi connectivity index (χ1) is 9.20. The lowest BCUT2D eigenvalue weighted by atomic mass is 10.0. The average Bonchev–Trinajstić information content (AvgIpc) is 2.43. The van der Waals surface area contributed by atoms with Crippen molar-refractivity contribution >= 4 is 23.2 Å². The van der Waals surface area contributed by atoms with E-state index in [1.807, 2.05) is 48.5 Å². The SMILES string of the molecule is NCCOC(c1ccc(Cl)cc1)c1ccc(Cl)cc1. The summed E-state index contributed by atoms with van der Waals surface area (Å²) in [6.45, 7) is 0.980. The first kappa shape index (κ1) is 14.4. The Hall–Kier alpha value is -1.06. The molecule has 2 rings (SSSR count). The average molecular weight is 296 g/mol. The van der Waals surface area contributed by atoms with Crippen LogP contribution in [-0.4, -0.2) is 13.2 Å². The van der Waals surface area contributed by atoms with Gasteiger partial charge in [-0.3, -0.25) is 0 Å². The second kappa shape index (κ2) is 6.92. The van der Waals surface area contributed by atoms with E-state index < -0.39 is 0 Å². The van der Waals surface area contributed by atoms with Crippen molar-refractivity contribution in [1.82, 2.24) is 0 Å². The third-order valence-electron chi connectivity index (χ3n) is 2.75. The summed E-state index contributed by atoms with van der Waals surface area (Å²) >= 11 is 11.8. The Labute approximate surface area is 123 Å². The van der Waals surface area contributed by atoms with Crippen LogP contribution < -0.4 is 5.73 Å². The maximum Gasteiger partial charge on any atom is 0.108 e. The molecule has 0 fully saturated rings. The molecule has 0 saturated carbocycles. The van der Waals surface area contributed by atoms with E-state index in [0.717, 1.165) is 11.1 Å². The number of hydrogen-bond donors (Lipinski definition) is 1. The van der Waals surface area contributed by atoms with Gasteiger partial charge >= 0.3 is 0 Å². The third-order valence-corrected chi connectivity index (χ3v) is 3.25. The minimum Gasteiger partial charge on any atom is -0.367 e. The van der Waals surface area contributed by atoms with E-state index in [9.17, 15) is 0 Å². The van der Waals surface area contributed by atoms with Gasteiger partial charge in [0.05, 0.1) is 6.61 Å². The molecule has 0 aliphatic rings. The fraction of sp³-hybridized carbons (Fsp3) is 0.200. The smallest absolute Gasteiger partial charge is 0.108 e. The van der Waals surface area contributed by atoms with Gasteiger partial charge < -0.3 is 10.5 Å². The lowest BCUT2D eigenvalue weighted by Crippen LogP contribution is -2.13. The molecule has 0 aliphatic heterocycles. The number of ether oxygens (including phenoxy) is 1. The molecule has 2 aromatic rings. The Kier molecular flexibility index (Phi) is 5.23. The Morgan fingerprint density at radius 2 is 1.26 bits per heavy atom. The van der Waals surface area contributed by atoms with Crippen molar-refractivity contribution in [3.8, 4) is 0 Å². The topological polar surface area (TPSA) is 35.2 Å². The summed E-state index contributed by atoms with van der Waals surface area (Å²) in [5.74, 6) is 0. The number of hydrogen-bond acceptors (Lipinski definition) is 2. The summed E-state index contributed by atoms with van der Waals surface area (Å²) in [7, 11) is 0. The van der Waals surface area contributed by atoms with Gasteiger partial charge in [-0.1, -0.05) is 47.5 Å². The van der Waals surface area contributed by atoms with E-state index in [0.29, 0.717) is 23.2 Å². The molecule has 0 radical (unpaired) electrons. The molecule has 2 nitrogen and oxygen atoms in total. The van der Waals surface area contributed by atoms with Crippen molar-refractivity contribution in [2.75, 3.05) is 13.2 Å². The molecule has 0 spiro atoms. The highest BCUT2D eigenvalue weighted by molar-refractivity contribution is 6.30. The Bertz CT molecular complexity index is 465. The van der Waals surface area contributed by atoms with Crippen LogP contribution in [0.25, 0.3) is 0 Å². The van der Waals surface area contributed by atoms with Crippen molar-refractivity contribution in [2.24, 2.45) is 5.73 Å². The lowest BCUT2D eigenvalue weighted by Gasteiger charge is -2.18. The van der Waals surface area contributed by atoms with Crippen LogP contribution in [0.4, 0.5) is 0 Å². The second-order valence-electron chi connectivity index (χ2n) is 4.14. The van der Waals surface area contributed by atoms with Gasteiger partial charge in [0, 0.05) is 16.6 Å². The van der Waals surface area contributed by atoms with E-state index in [-0.39, 0.29) is 6.10 Å². The van der Waals surface area contributed by atoms with Gasteiger partial charge in [-0.05, 0) is 35.4 Å². The first-order valence-electron chi connectivity index (χ1n) is 6.03. The van der Waals surface area contributed by atoms with E-state index in [1.54, 1.807) is 0 Å². The van der Waals surface area contributed by atoms with Crippen molar-refractivity contribution in [1.29, 1.82) is 0 Å². The molecule has 4 heteroatoms. The molecule has 19 heavy (non-hydrogen) atoms. The lowest BCUT2D eigenvalue weighted by molar-refractivity contribution is 0.0864. The maximum atomic E-state index is 5.91. The highest BCUT2D eigenvalue weighted by Crippen LogP contribution is 2.27. The van der Waals surface area contributed by atoms with Crippen LogP contribution in [0.3, 0.4) is 0 Å². The van der Waals surface area contributed by atoms with Gasteiger partial charge in [-0.2, -0.15) is 0 Å². The highest BCUT2D eigenvalue weighted by atomic mass is 35.5. The molecule has 100 valence electrons. The number of nitrogens with two attached hydrogens (primary N) is 1. The number of benzene rings is 2. The van der Waals surface area contributed by atoms with Gasteiger partial charge in [-0.15, -0.1) is 0 Å². The molecule has 0 aliphatic carbocycles. The van der Waals surface area contributed by atoms with Crippen LogP contribution in [-0.2, 0) is 4.74 Å². The van der Waals surface area contributed by atoms with Crippen LogP contribution in [0, 0.1) is 0 Å². The monoisotopic (exact) mass is 295 g/mol. The molecule has 0 heterocycles. The van der Waals surface area contributed by atoms with Crippen LogP contribution in [0.5, 0.6) is 0 Å². The van der Waals surface area contributed by atoms with Crippen LogP contribution in [0.2, 0.25) is 10.0 Å². The number of rotatable bonds is 5. The third kappa shape index (κ3) is 3.95. The second-order valence-corrected chi connectivity index (χ2v) is 5.02. The minimum absolute atomic E-state index is 0.155. The quantitative estimate of drug-likeness (QED) is 0.903. The van der Waals surface area contributed by atoms with Crippen LogP contribution in [0.15, 0.2) is 48.5 Å². The predicted octanol–water partition coefficient (Wildman–Crippen LogP) is 4.06. The van der Waals surface area contributed by atoms with Gasteiger partial charge in [0.15, 0.2) is 0 Å². The van der Waals surface area contributed by atoms with E-state index in [4.69, 9.17) is 33.7 Å². The molecular formula is C15H15Cl2NO. The molecule has 2 N–H and O–H groups in total. The molecule has 0 bridgehead atoms. The summed E-state index contributed by atoms with van der Waals surface area (Å²) in [5.41, 5.74) is 7.60. The molecule has 0 aromatic heterocycles. The molecule has 0 unspecified atom stereocenters. The maximum absolute atomic E-state index is 5.91. The Morgan fingerprint density at radius 3 is 1.63 bits per heavy atom. The molecule has 0 saturated heterocycles. The summed E-state index contributed by atoms with van der Waals surface area (Å²) in [4.78, 5) is 0. The first-order valence-corrected chi connectivity index (χ1v) is 6.79.